The SMILES string of the molecule is Cc1c(C(N)=O)c2ccccc2n1[C@@H](C)C1CCN(CCN)CC1. The van der Waals surface area contributed by atoms with E-state index in [0.717, 1.165) is 42.8 Å². The quantitative estimate of drug-likeness (QED) is 0.884. The first kappa shape index (κ1) is 17.0. The fourth-order valence-electron chi connectivity index (χ4n) is 4.28. The molecule has 5 nitrogen and oxygen atoms in total. The Balaban J connectivity index is 1.92. The van der Waals surface area contributed by atoms with E-state index < -0.39 is 0 Å². The highest BCUT2D eigenvalue weighted by Gasteiger charge is 2.28. The van der Waals surface area contributed by atoms with E-state index in [0.29, 0.717) is 17.5 Å². The number of benzene rings is 1. The summed E-state index contributed by atoms with van der Waals surface area (Å²) in [6, 6.07) is 8.43. The Morgan fingerprint density at radius 2 is 1.96 bits per heavy atom. The van der Waals surface area contributed by atoms with E-state index in [1.807, 2.05) is 25.1 Å². The highest BCUT2D eigenvalue weighted by atomic mass is 16.1. The Labute approximate surface area is 143 Å². The number of fused-ring (bicyclic) bond motifs is 1. The Hall–Kier alpha value is -1.85. The van der Waals surface area contributed by atoms with Crippen LogP contribution in [-0.4, -0.2) is 41.6 Å². The van der Waals surface area contributed by atoms with Gasteiger partial charge in [0.2, 0.25) is 0 Å². The number of likely N-dealkylation sites (tertiary alicyclic amines) is 1. The van der Waals surface area contributed by atoms with Gasteiger partial charge in [-0.1, -0.05) is 18.2 Å². The van der Waals surface area contributed by atoms with Crippen LogP contribution in [0, 0.1) is 12.8 Å². The van der Waals surface area contributed by atoms with E-state index in [1.54, 1.807) is 0 Å². The van der Waals surface area contributed by atoms with Crippen molar-refractivity contribution >= 4 is 16.8 Å². The molecule has 24 heavy (non-hydrogen) atoms. The van der Waals surface area contributed by atoms with Gasteiger partial charge in [-0.3, -0.25) is 4.79 Å². The largest absolute Gasteiger partial charge is 0.366 e. The van der Waals surface area contributed by atoms with Crippen molar-refractivity contribution in [1.82, 2.24) is 9.47 Å². The monoisotopic (exact) mass is 328 g/mol. The van der Waals surface area contributed by atoms with Crippen LogP contribution >= 0.6 is 0 Å². The average molecular weight is 328 g/mol. The molecule has 4 N–H and O–H groups in total. The summed E-state index contributed by atoms with van der Waals surface area (Å²) in [5.74, 6) is 0.265. The summed E-state index contributed by atoms with van der Waals surface area (Å²) in [5, 5.41) is 0.968. The van der Waals surface area contributed by atoms with Crippen LogP contribution in [0.15, 0.2) is 24.3 Å². The van der Waals surface area contributed by atoms with Gasteiger partial charge in [-0.15, -0.1) is 0 Å². The van der Waals surface area contributed by atoms with Crippen molar-refractivity contribution in [2.75, 3.05) is 26.2 Å². The Morgan fingerprint density at radius 3 is 2.58 bits per heavy atom. The van der Waals surface area contributed by atoms with Gasteiger partial charge in [0.1, 0.15) is 0 Å². The third-order valence-corrected chi connectivity index (χ3v) is 5.57. The summed E-state index contributed by atoms with van der Waals surface area (Å²) in [7, 11) is 0. The summed E-state index contributed by atoms with van der Waals surface area (Å²) in [5.41, 5.74) is 14.1. The average Bonchev–Trinajstić information content (AvgIpc) is 2.87. The van der Waals surface area contributed by atoms with Crippen molar-refractivity contribution in [3.8, 4) is 0 Å². The van der Waals surface area contributed by atoms with Gasteiger partial charge in [0.05, 0.1) is 5.56 Å². The fourth-order valence-corrected chi connectivity index (χ4v) is 4.28. The van der Waals surface area contributed by atoms with Crippen LogP contribution in [0.1, 0.15) is 41.9 Å². The second-order valence-electron chi connectivity index (χ2n) is 6.92. The zero-order chi connectivity index (χ0) is 17.3. The molecule has 1 saturated heterocycles. The van der Waals surface area contributed by atoms with Gasteiger partial charge in [0.15, 0.2) is 0 Å². The molecule has 1 atom stereocenters. The zero-order valence-electron chi connectivity index (χ0n) is 14.7. The highest BCUT2D eigenvalue weighted by molar-refractivity contribution is 6.07. The first-order chi connectivity index (χ1) is 11.5. The first-order valence-electron chi connectivity index (χ1n) is 8.86. The lowest BCUT2D eigenvalue weighted by Gasteiger charge is -2.36. The molecule has 1 aromatic heterocycles. The first-order valence-corrected chi connectivity index (χ1v) is 8.86. The molecular formula is C19H28N4O. The zero-order valence-corrected chi connectivity index (χ0v) is 14.7. The van der Waals surface area contributed by atoms with Gasteiger partial charge < -0.3 is 20.9 Å². The van der Waals surface area contributed by atoms with Crippen LogP contribution in [-0.2, 0) is 0 Å². The maximum Gasteiger partial charge on any atom is 0.251 e. The third-order valence-electron chi connectivity index (χ3n) is 5.57. The Morgan fingerprint density at radius 1 is 1.29 bits per heavy atom. The van der Waals surface area contributed by atoms with E-state index in [4.69, 9.17) is 11.5 Å². The van der Waals surface area contributed by atoms with Crippen LogP contribution in [0.25, 0.3) is 10.9 Å². The summed E-state index contributed by atoms with van der Waals surface area (Å²) in [6.45, 7) is 8.20. The van der Waals surface area contributed by atoms with Crippen LogP contribution in [0.4, 0.5) is 0 Å². The molecule has 0 radical (unpaired) electrons. The van der Waals surface area contributed by atoms with Gasteiger partial charge in [0, 0.05) is 35.7 Å². The van der Waals surface area contributed by atoms with Crippen LogP contribution in [0.3, 0.4) is 0 Å². The van der Waals surface area contributed by atoms with Crippen LogP contribution in [0.5, 0.6) is 0 Å². The van der Waals surface area contributed by atoms with Gasteiger partial charge in [-0.25, -0.2) is 0 Å². The minimum atomic E-state index is -0.340. The number of rotatable bonds is 5. The highest BCUT2D eigenvalue weighted by Crippen LogP contribution is 2.35. The van der Waals surface area contributed by atoms with Crippen molar-refractivity contribution < 1.29 is 4.79 Å². The number of nitrogens with two attached hydrogens (primary N) is 2. The van der Waals surface area contributed by atoms with E-state index in [9.17, 15) is 4.79 Å². The molecule has 1 aliphatic rings. The summed E-state index contributed by atoms with van der Waals surface area (Å²) < 4.78 is 2.32. The molecule has 1 aliphatic heterocycles. The number of amides is 1. The van der Waals surface area contributed by atoms with Crippen molar-refractivity contribution in [2.24, 2.45) is 17.4 Å². The third kappa shape index (κ3) is 2.94. The van der Waals surface area contributed by atoms with Crippen LogP contribution < -0.4 is 11.5 Å². The summed E-state index contributed by atoms with van der Waals surface area (Å²) in [6.07, 6.45) is 2.33. The number of aromatic nitrogens is 1. The number of para-hydroxylation sites is 1. The molecular weight excluding hydrogens is 300 g/mol. The van der Waals surface area contributed by atoms with Crippen molar-refractivity contribution in [1.29, 1.82) is 0 Å². The van der Waals surface area contributed by atoms with Gasteiger partial charge in [-0.05, 0) is 51.8 Å². The van der Waals surface area contributed by atoms with Crippen molar-refractivity contribution in [3.63, 3.8) is 0 Å². The Kier molecular flexibility index (Phi) is 4.92. The lowest BCUT2D eigenvalue weighted by Crippen LogP contribution is -2.38. The summed E-state index contributed by atoms with van der Waals surface area (Å²) >= 11 is 0. The molecule has 0 unspecified atom stereocenters. The molecule has 130 valence electrons. The fraction of sp³-hybridized carbons (Fsp3) is 0.526. The Bertz CT molecular complexity index is 728. The van der Waals surface area contributed by atoms with E-state index in [2.05, 4.69) is 22.5 Å². The lowest BCUT2D eigenvalue weighted by molar-refractivity contribution is 0.100. The normalized spacial score (nSPS) is 18.1. The number of carbonyl (C=O) groups excluding carboxylic acids is 1. The molecule has 1 aromatic carbocycles. The van der Waals surface area contributed by atoms with Gasteiger partial charge >= 0.3 is 0 Å². The number of carbonyl (C=O) groups is 1. The van der Waals surface area contributed by atoms with Gasteiger partial charge in [-0.2, -0.15) is 0 Å². The topological polar surface area (TPSA) is 77.3 Å². The number of piperidine rings is 1. The van der Waals surface area contributed by atoms with Crippen molar-refractivity contribution in [3.05, 3.63) is 35.5 Å². The molecule has 1 amide bonds. The molecule has 2 aromatic rings. The molecule has 1 fully saturated rings. The number of hydrogen-bond acceptors (Lipinski definition) is 3. The maximum atomic E-state index is 12.0. The second-order valence-corrected chi connectivity index (χ2v) is 6.92. The van der Waals surface area contributed by atoms with E-state index >= 15 is 0 Å². The minimum absolute atomic E-state index is 0.340. The predicted octanol–water partition coefficient (Wildman–Crippen LogP) is 2.28. The maximum absolute atomic E-state index is 12.0. The minimum Gasteiger partial charge on any atom is -0.366 e. The van der Waals surface area contributed by atoms with Crippen molar-refractivity contribution in [2.45, 2.75) is 32.7 Å². The number of hydrogen-bond donors (Lipinski definition) is 2. The van der Waals surface area contributed by atoms with E-state index in [1.165, 1.54) is 12.8 Å². The molecule has 0 bridgehead atoms. The smallest absolute Gasteiger partial charge is 0.251 e. The number of primary amides is 1. The summed E-state index contributed by atoms with van der Waals surface area (Å²) in [4.78, 5) is 14.4. The molecule has 0 aliphatic carbocycles. The molecule has 2 heterocycles. The molecule has 0 spiro atoms. The molecule has 0 saturated carbocycles. The predicted molar refractivity (Wildman–Crippen MR) is 98.1 cm³/mol. The van der Waals surface area contributed by atoms with Crippen LogP contribution in [0.2, 0.25) is 0 Å². The second kappa shape index (κ2) is 6.95. The number of nitrogens with zero attached hydrogens (tertiary/aromatic N) is 2. The molecule has 5 heteroatoms. The van der Waals surface area contributed by atoms with E-state index in [-0.39, 0.29) is 5.91 Å². The standard InChI is InChI=1S/C19H28N4O/c1-13(15-7-10-22(11-8-15)12-9-20)23-14(2)18(19(21)24)16-5-3-4-6-17(16)23/h3-6,13,15H,7-12,20H2,1-2H3,(H2,21,24)/t13-/m0/s1. The van der Waals surface area contributed by atoms with Gasteiger partial charge in [0.25, 0.3) is 5.91 Å². The lowest BCUT2D eigenvalue weighted by atomic mass is 9.90. The molecule has 3 rings (SSSR count).